The summed E-state index contributed by atoms with van der Waals surface area (Å²) in [5, 5.41) is 10.1. The van der Waals surface area contributed by atoms with Gasteiger partial charge in [0.1, 0.15) is 11.5 Å². The maximum Gasteiger partial charge on any atom is 0.189 e. The lowest BCUT2D eigenvalue weighted by Crippen LogP contribution is -2.11. The van der Waals surface area contributed by atoms with Crippen LogP contribution >= 0.6 is 0 Å². The number of rotatable bonds is 8. The highest BCUT2D eigenvalue weighted by Crippen LogP contribution is 2.30. The summed E-state index contributed by atoms with van der Waals surface area (Å²) in [6.07, 6.45) is 5.01. The second-order valence-electron chi connectivity index (χ2n) is 6.57. The van der Waals surface area contributed by atoms with Gasteiger partial charge in [0.15, 0.2) is 5.78 Å². The molecular formula is C22H27NO3. The summed E-state index contributed by atoms with van der Waals surface area (Å²) in [6.45, 7) is 2.84. The third-order valence-corrected chi connectivity index (χ3v) is 4.14. The molecule has 0 amide bonds. The molecule has 1 N–H and O–H groups in total. The highest BCUT2D eigenvalue weighted by molar-refractivity contribution is 6.09. The Morgan fingerprint density at radius 3 is 2.58 bits per heavy atom. The molecule has 0 aliphatic heterocycles. The van der Waals surface area contributed by atoms with E-state index in [4.69, 9.17) is 4.74 Å². The molecule has 0 aliphatic rings. The molecule has 4 nitrogen and oxygen atoms in total. The van der Waals surface area contributed by atoms with Crippen LogP contribution in [0, 0.1) is 0 Å². The molecule has 2 aromatic carbocycles. The Bertz CT molecular complexity index is 794. The van der Waals surface area contributed by atoms with Crippen LogP contribution < -0.4 is 4.74 Å². The lowest BCUT2D eigenvalue weighted by Gasteiger charge is -2.12. The van der Waals surface area contributed by atoms with E-state index < -0.39 is 0 Å². The molecule has 0 heterocycles. The molecule has 0 bridgehead atoms. The van der Waals surface area contributed by atoms with E-state index in [-0.39, 0.29) is 11.5 Å². The number of carbonyl (C=O) groups is 1. The van der Waals surface area contributed by atoms with Crippen LogP contribution in [0.15, 0.2) is 42.5 Å². The van der Waals surface area contributed by atoms with Gasteiger partial charge in [-0.1, -0.05) is 43.7 Å². The van der Waals surface area contributed by atoms with Gasteiger partial charge in [0, 0.05) is 12.6 Å². The monoisotopic (exact) mass is 353 g/mol. The molecule has 0 aliphatic carbocycles. The zero-order chi connectivity index (χ0) is 19.1. The molecule has 2 aromatic rings. The first-order chi connectivity index (χ1) is 12.5. The van der Waals surface area contributed by atoms with Crippen LogP contribution in [0.2, 0.25) is 0 Å². The smallest absolute Gasteiger partial charge is 0.189 e. The van der Waals surface area contributed by atoms with Gasteiger partial charge in [-0.3, -0.25) is 4.79 Å². The zero-order valence-electron chi connectivity index (χ0n) is 16.0. The number of ketones is 1. The summed E-state index contributed by atoms with van der Waals surface area (Å²) in [6, 6.07) is 11.3. The van der Waals surface area contributed by atoms with Crippen molar-refractivity contribution in [2.45, 2.75) is 26.3 Å². The molecule has 0 saturated carbocycles. The standard InChI is InChI=1S/C22H27NO3/c1-5-8-17-13-19(22(26-4)14-21(17)25)20(24)12-11-16-9-6-7-10-18(16)15-23(2)3/h6-7,9-14,25H,5,8,15H2,1-4H3/b12-11+. The second-order valence-corrected chi connectivity index (χ2v) is 6.57. The molecule has 26 heavy (non-hydrogen) atoms. The number of aryl methyl sites for hydroxylation is 1. The molecule has 0 unspecified atom stereocenters. The lowest BCUT2D eigenvalue weighted by molar-refractivity contribution is 0.104. The minimum Gasteiger partial charge on any atom is -0.508 e. The van der Waals surface area contributed by atoms with Gasteiger partial charge in [0.05, 0.1) is 12.7 Å². The van der Waals surface area contributed by atoms with Gasteiger partial charge >= 0.3 is 0 Å². The first-order valence-corrected chi connectivity index (χ1v) is 8.81. The largest absolute Gasteiger partial charge is 0.508 e. The lowest BCUT2D eigenvalue weighted by atomic mass is 10.0. The molecule has 0 saturated heterocycles. The summed E-state index contributed by atoms with van der Waals surface area (Å²) in [7, 11) is 5.53. The number of benzene rings is 2. The Kier molecular flexibility index (Phi) is 6.98. The molecule has 0 radical (unpaired) electrons. The van der Waals surface area contributed by atoms with Crippen LogP contribution in [0.5, 0.6) is 11.5 Å². The SMILES string of the molecule is CCCc1cc(C(=O)/C=C/c2ccccc2CN(C)C)c(OC)cc1O. The maximum absolute atomic E-state index is 12.7. The van der Waals surface area contributed by atoms with Crippen LogP contribution in [-0.4, -0.2) is 37.0 Å². The number of aromatic hydroxyl groups is 1. The highest BCUT2D eigenvalue weighted by atomic mass is 16.5. The number of phenols is 1. The van der Waals surface area contributed by atoms with Crippen LogP contribution in [0.3, 0.4) is 0 Å². The number of nitrogens with zero attached hydrogens (tertiary/aromatic N) is 1. The van der Waals surface area contributed by atoms with E-state index in [1.165, 1.54) is 13.2 Å². The first kappa shape index (κ1) is 19.7. The van der Waals surface area contributed by atoms with Crippen molar-refractivity contribution >= 4 is 11.9 Å². The molecule has 4 heteroatoms. The average molecular weight is 353 g/mol. The van der Waals surface area contributed by atoms with Gasteiger partial charge in [-0.2, -0.15) is 0 Å². The van der Waals surface area contributed by atoms with Crippen molar-refractivity contribution in [2.75, 3.05) is 21.2 Å². The predicted octanol–water partition coefficient (Wildman–Crippen LogP) is 4.31. The Morgan fingerprint density at radius 2 is 1.92 bits per heavy atom. The molecule has 0 spiro atoms. The second kappa shape index (κ2) is 9.20. The van der Waals surface area contributed by atoms with Crippen molar-refractivity contribution in [1.82, 2.24) is 4.90 Å². The number of hydrogen-bond acceptors (Lipinski definition) is 4. The average Bonchev–Trinajstić information content (AvgIpc) is 2.61. The van der Waals surface area contributed by atoms with Crippen LogP contribution in [0.4, 0.5) is 0 Å². The van der Waals surface area contributed by atoms with Crippen molar-refractivity contribution < 1.29 is 14.6 Å². The van der Waals surface area contributed by atoms with E-state index >= 15 is 0 Å². The molecular weight excluding hydrogens is 326 g/mol. The first-order valence-electron chi connectivity index (χ1n) is 8.81. The molecule has 0 fully saturated rings. The van der Waals surface area contributed by atoms with E-state index in [1.54, 1.807) is 12.1 Å². The molecule has 0 aromatic heterocycles. The fourth-order valence-electron chi connectivity index (χ4n) is 2.88. The van der Waals surface area contributed by atoms with Crippen LogP contribution in [0.1, 0.15) is 40.4 Å². The fourth-order valence-corrected chi connectivity index (χ4v) is 2.88. The van der Waals surface area contributed by atoms with E-state index in [2.05, 4.69) is 11.0 Å². The third kappa shape index (κ3) is 4.96. The number of hydrogen-bond donors (Lipinski definition) is 1. The van der Waals surface area contributed by atoms with Crippen molar-refractivity contribution in [3.05, 3.63) is 64.7 Å². The van der Waals surface area contributed by atoms with Crippen molar-refractivity contribution in [1.29, 1.82) is 0 Å². The molecule has 0 atom stereocenters. The Hall–Kier alpha value is -2.59. The molecule has 2 rings (SSSR count). The topological polar surface area (TPSA) is 49.8 Å². The van der Waals surface area contributed by atoms with Gasteiger partial charge in [0.25, 0.3) is 0 Å². The molecule has 138 valence electrons. The highest BCUT2D eigenvalue weighted by Gasteiger charge is 2.14. The summed E-state index contributed by atoms with van der Waals surface area (Å²) >= 11 is 0. The third-order valence-electron chi connectivity index (χ3n) is 4.14. The van der Waals surface area contributed by atoms with E-state index in [0.29, 0.717) is 17.7 Å². The number of carbonyl (C=O) groups excluding carboxylic acids is 1. The number of phenolic OH excluding ortho intramolecular Hbond substituents is 1. The van der Waals surface area contributed by atoms with Crippen LogP contribution in [-0.2, 0) is 13.0 Å². The van der Waals surface area contributed by atoms with Crippen molar-refractivity contribution in [3.63, 3.8) is 0 Å². The van der Waals surface area contributed by atoms with E-state index in [0.717, 1.165) is 29.7 Å². The summed E-state index contributed by atoms with van der Waals surface area (Å²) < 4.78 is 5.29. The number of ether oxygens (including phenoxy) is 1. The van der Waals surface area contributed by atoms with Crippen molar-refractivity contribution in [2.24, 2.45) is 0 Å². The normalized spacial score (nSPS) is 11.3. The summed E-state index contributed by atoms with van der Waals surface area (Å²) in [4.78, 5) is 14.8. The van der Waals surface area contributed by atoms with E-state index in [9.17, 15) is 9.90 Å². The van der Waals surface area contributed by atoms with Gasteiger partial charge < -0.3 is 14.7 Å². The number of methoxy groups -OCH3 is 1. The summed E-state index contributed by atoms with van der Waals surface area (Å²) in [5.74, 6) is 0.415. The quantitative estimate of drug-likeness (QED) is 0.567. The Labute approximate surface area is 155 Å². The zero-order valence-corrected chi connectivity index (χ0v) is 16.0. The maximum atomic E-state index is 12.7. The summed E-state index contributed by atoms with van der Waals surface area (Å²) in [5.41, 5.74) is 3.40. The minimum atomic E-state index is -0.140. The van der Waals surface area contributed by atoms with Gasteiger partial charge in [-0.05, 0) is 49.3 Å². The van der Waals surface area contributed by atoms with Gasteiger partial charge in [-0.15, -0.1) is 0 Å². The van der Waals surface area contributed by atoms with E-state index in [1.807, 2.05) is 45.3 Å². The minimum absolute atomic E-state index is 0.140. The number of allylic oxidation sites excluding steroid dienone is 1. The Morgan fingerprint density at radius 1 is 1.19 bits per heavy atom. The van der Waals surface area contributed by atoms with Gasteiger partial charge in [-0.25, -0.2) is 0 Å². The predicted molar refractivity (Wildman–Crippen MR) is 106 cm³/mol. The van der Waals surface area contributed by atoms with Crippen LogP contribution in [0.25, 0.3) is 6.08 Å². The Balaban J connectivity index is 2.33. The van der Waals surface area contributed by atoms with Crippen molar-refractivity contribution in [3.8, 4) is 11.5 Å². The van der Waals surface area contributed by atoms with Gasteiger partial charge in [0.2, 0.25) is 0 Å². The fraction of sp³-hybridized carbons (Fsp3) is 0.318.